The van der Waals surface area contributed by atoms with Crippen molar-refractivity contribution < 1.29 is 20.5 Å². The van der Waals surface area contributed by atoms with E-state index >= 15 is 0 Å². The van der Waals surface area contributed by atoms with Crippen LogP contribution < -0.4 is 16.1 Å². The van der Waals surface area contributed by atoms with Crippen LogP contribution in [0.2, 0.25) is 0 Å². The number of benzene rings is 2. The van der Waals surface area contributed by atoms with Crippen LogP contribution in [-0.2, 0) is 27.5 Å². The maximum absolute atomic E-state index is 12.7. The summed E-state index contributed by atoms with van der Waals surface area (Å²) in [5, 5.41) is 5.36. The lowest BCUT2D eigenvalue weighted by Gasteiger charge is -2.20. The van der Waals surface area contributed by atoms with Crippen LogP contribution in [-0.4, -0.2) is 24.1 Å². The standard InChI is InChI=1S/C21H22BrN3O4/c22-19-12-17(29-25-19)11-18(20(26)23-13-15-7-3-1-4-8-15)24-21(27)28-14-16-9-5-2-6-10-16/h1-10,12,17-18,25H,11,13-14H2,(H,23,26)(H,24,27)/t17?,18-/m0/s1/i14D/t14?,17?,18-. The van der Waals surface area contributed by atoms with Crippen molar-refractivity contribution in [3.63, 3.8) is 0 Å². The minimum absolute atomic E-state index is 0.186. The number of hydrogen-bond donors (Lipinski definition) is 3. The Morgan fingerprint density at radius 1 is 1.14 bits per heavy atom. The quantitative estimate of drug-likeness (QED) is 0.526. The zero-order valence-electron chi connectivity index (χ0n) is 16.5. The third-order valence-electron chi connectivity index (χ3n) is 4.13. The Balaban J connectivity index is 1.61. The normalized spacial score (nSPS) is 17.9. The number of ether oxygens (including phenoxy) is 1. The first kappa shape index (κ1) is 19.5. The Morgan fingerprint density at radius 3 is 2.41 bits per heavy atom. The Hall–Kier alpha value is -2.84. The van der Waals surface area contributed by atoms with Gasteiger partial charge in [-0.3, -0.25) is 15.1 Å². The van der Waals surface area contributed by atoms with Crippen molar-refractivity contribution in [1.29, 1.82) is 0 Å². The maximum atomic E-state index is 12.7. The largest absolute Gasteiger partial charge is 0.445 e. The van der Waals surface area contributed by atoms with Crippen molar-refractivity contribution in [3.8, 4) is 0 Å². The van der Waals surface area contributed by atoms with Crippen LogP contribution >= 0.6 is 15.9 Å². The van der Waals surface area contributed by atoms with Crippen molar-refractivity contribution in [3.05, 3.63) is 82.5 Å². The van der Waals surface area contributed by atoms with E-state index in [2.05, 4.69) is 32.0 Å². The number of amides is 2. The van der Waals surface area contributed by atoms with Gasteiger partial charge in [0.1, 0.15) is 23.3 Å². The summed E-state index contributed by atoms with van der Waals surface area (Å²) in [6.07, 6.45) is 0.661. The summed E-state index contributed by atoms with van der Waals surface area (Å²) in [6, 6.07) is 17.2. The third kappa shape index (κ3) is 6.92. The van der Waals surface area contributed by atoms with Crippen molar-refractivity contribution in [2.45, 2.75) is 31.7 Å². The number of hydroxylamine groups is 1. The van der Waals surface area contributed by atoms with Gasteiger partial charge in [-0.1, -0.05) is 60.7 Å². The fourth-order valence-corrected chi connectivity index (χ4v) is 3.07. The predicted molar refractivity (Wildman–Crippen MR) is 111 cm³/mol. The van der Waals surface area contributed by atoms with Crippen LogP contribution in [0.5, 0.6) is 0 Å². The van der Waals surface area contributed by atoms with E-state index in [0.717, 1.165) is 5.56 Å². The molecule has 1 aliphatic heterocycles. The molecule has 152 valence electrons. The number of carbonyl (C=O) groups excluding carboxylic acids is 2. The van der Waals surface area contributed by atoms with Crippen LogP contribution in [0.25, 0.3) is 0 Å². The van der Waals surface area contributed by atoms with E-state index in [1.54, 1.807) is 30.3 Å². The molecule has 0 saturated heterocycles. The van der Waals surface area contributed by atoms with E-state index in [1.807, 2.05) is 36.4 Å². The van der Waals surface area contributed by atoms with Gasteiger partial charge in [0.05, 0.1) is 1.37 Å². The highest BCUT2D eigenvalue weighted by Gasteiger charge is 2.27. The summed E-state index contributed by atoms with van der Waals surface area (Å²) in [6.45, 7) is -0.876. The molecule has 1 heterocycles. The van der Waals surface area contributed by atoms with Gasteiger partial charge in [-0.15, -0.1) is 0 Å². The molecule has 0 aliphatic carbocycles. The van der Waals surface area contributed by atoms with Crippen LogP contribution in [0.4, 0.5) is 4.79 Å². The second-order valence-electron chi connectivity index (χ2n) is 6.34. The number of hydrogen-bond acceptors (Lipinski definition) is 5. The molecule has 0 fully saturated rings. The summed E-state index contributed by atoms with van der Waals surface area (Å²) in [5.74, 6) is -0.378. The molecule has 8 heteroatoms. The number of carbonyl (C=O) groups is 2. The lowest BCUT2D eigenvalue weighted by Crippen LogP contribution is -2.48. The van der Waals surface area contributed by atoms with Gasteiger partial charge in [0.25, 0.3) is 0 Å². The Morgan fingerprint density at radius 2 is 1.79 bits per heavy atom. The molecule has 3 rings (SSSR count). The summed E-state index contributed by atoms with van der Waals surface area (Å²) in [5.41, 5.74) is 4.12. The molecule has 0 radical (unpaired) electrons. The molecule has 7 nitrogen and oxygen atoms in total. The second-order valence-corrected chi connectivity index (χ2v) is 7.20. The highest BCUT2D eigenvalue weighted by Crippen LogP contribution is 2.16. The van der Waals surface area contributed by atoms with Gasteiger partial charge in [0.2, 0.25) is 5.91 Å². The van der Waals surface area contributed by atoms with Gasteiger partial charge in [-0.05, 0) is 33.1 Å². The number of halogens is 1. The smallest absolute Gasteiger partial charge is 0.408 e. The summed E-state index contributed by atoms with van der Waals surface area (Å²) < 4.78 is 13.8. The summed E-state index contributed by atoms with van der Waals surface area (Å²) in [4.78, 5) is 30.4. The third-order valence-corrected chi connectivity index (χ3v) is 4.55. The van der Waals surface area contributed by atoms with E-state index in [9.17, 15) is 9.59 Å². The molecule has 0 spiro atoms. The fourth-order valence-electron chi connectivity index (χ4n) is 2.68. The lowest BCUT2D eigenvalue weighted by molar-refractivity contribution is -0.124. The van der Waals surface area contributed by atoms with Gasteiger partial charge in [-0.2, -0.15) is 0 Å². The number of rotatable bonds is 8. The molecule has 1 aliphatic rings. The molecule has 29 heavy (non-hydrogen) atoms. The number of alkyl carbamates (subject to hydrolysis) is 1. The molecular formula is C21H22BrN3O4. The predicted octanol–water partition coefficient (Wildman–Crippen LogP) is 3.13. The van der Waals surface area contributed by atoms with Gasteiger partial charge in [-0.25, -0.2) is 4.79 Å². The molecule has 2 amide bonds. The van der Waals surface area contributed by atoms with Crippen molar-refractivity contribution >= 4 is 27.9 Å². The maximum Gasteiger partial charge on any atom is 0.408 e. The van der Waals surface area contributed by atoms with Crippen molar-refractivity contribution in [2.24, 2.45) is 0 Å². The molecule has 2 unspecified atom stereocenters. The van der Waals surface area contributed by atoms with Gasteiger partial charge in [0.15, 0.2) is 0 Å². The van der Waals surface area contributed by atoms with Crippen molar-refractivity contribution in [1.82, 2.24) is 16.1 Å². The topological polar surface area (TPSA) is 88.7 Å². The average Bonchev–Trinajstić information content (AvgIpc) is 3.17. The van der Waals surface area contributed by atoms with E-state index < -0.39 is 24.8 Å². The lowest BCUT2D eigenvalue weighted by atomic mass is 10.1. The molecule has 2 aromatic rings. The van der Waals surface area contributed by atoms with E-state index in [0.29, 0.717) is 16.7 Å². The summed E-state index contributed by atoms with van der Waals surface area (Å²) in [7, 11) is 0. The van der Waals surface area contributed by atoms with Crippen molar-refractivity contribution in [2.75, 3.05) is 0 Å². The van der Waals surface area contributed by atoms with Crippen LogP contribution in [0.3, 0.4) is 0 Å². The fraction of sp³-hybridized carbons (Fsp3) is 0.238. The zero-order chi connectivity index (χ0) is 21.3. The van der Waals surface area contributed by atoms with E-state index in [4.69, 9.17) is 10.9 Å². The minimum Gasteiger partial charge on any atom is -0.445 e. The molecule has 3 N–H and O–H groups in total. The molecule has 0 saturated carbocycles. The minimum atomic E-state index is -1.20. The Kier molecular flexibility index (Phi) is 7.14. The average molecular weight is 461 g/mol. The first-order valence-electron chi connectivity index (χ1n) is 9.64. The number of nitrogens with one attached hydrogen (secondary N) is 3. The van der Waals surface area contributed by atoms with E-state index in [-0.39, 0.29) is 12.3 Å². The van der Waals surface area contributed by atoms with E-state index in [1.165, 1.54) is 0 Å². The van der Waals surface area contributed by atoms with Crippen LogP contribution in [0.1, 0.15) is 18.9 Å². The Labute approximate surface area is 179 Å². The van der Waals surface area contributed by atoms with Gasteiger partial charge < -0.3 is 15.4 Å². The molecular weight excluding hydrogens is 438 g/mol. The molecule has 0 aromatic heterocycles. The summed E-state index contributed by atoms with van der Waals surface area (Å²) >= 11 is 3.26. The zero-order valence-corrected chi connectivity index (χ0v) is 17.1. The highest BCUT2D eigenvalue weighted by atomic mass is 79.9. The first-order valence-corrected chi connectivity index (χ1v) is 9.85. The second kappa shape index (κ2) is 10.6. The SMILES string of the molecule is [2H]C(OC(=O)N[C@@H](CC1C=C(Br)NO1)C(=O)NCc1ccccc1)c1ccccc1. The Bertz CT molecular complexity index is 882. The van der Waals surface area contributed by atoms with Crippen LogP contribution in [0.15, 0.2) is 71.3 Å². The monoisotopic (exact) mass is 460 g/mol. The van der Waals surface area contributed by atoms with Crippen LogP contribution in [0, 0.1) is 0 Å². The molecule has 0 bridgehead atoms. The molecule has 2 aromatic carbocycles. The molecule has 3 atom stereocenters. The van der Waals surface area contributed by atoms with Gasteiger partial charge in [0, 0.05) is 13.0 Å². The first-order chi connectivity index (χ1) is 14.5. The van der Waals surface area contributed by atoms with Gasteiger partial charge >= 0.3 is 6.09 Å². The highest BCUT2D eigenvalue weighted by molar-refractivity contribution is 9.11.